The molecule has 6 nitrogen and oxygen atoms in total. The van der Waals surface area contributed by atoms with E-state index in [9.17, 15) is 18.7 Å². The van der Waals surface area contributed by atoms with Crippen LogP contribution in [0.3, 0.4) is 0 Å². The molecule has 4 rings (SSSR count). The summed E-state index contributed by atoms with van der Waals surface area (Å²) in [6, 6.07) is 8.40. The van der Waals surface area contributed by atoms with Gasteiger partial charge in [0.15, 0.2) is 5.82 Å². The number of fused-ring (bicyclic) bond motifs is 1. The number of nitrogens with zero attached hydrogens (tertiary/aromatic N) is 1. The normalized spacial score (nSPS) is 25.5. The number of benzene rings is 2. The number of anilines is 1. The first-order valence-electron chi connectivity index (χ1n) is 10.8. The van der Waals surface area contributed by atoms with Crippen molar-refractivity contribution in [3.63, 3.8) is 0 Å². The lowest BCUT2D eigenvalue weighted by Gasteiger charge is -2.41. The molecule has 2 aliphatic heterocycles. The molecule has 0 aliphatic carbocycles. The number of cyclic esters (lactones) is 1. The molecule has 1 saturated heterocycles. The first kappa shape index (κ1) is 22.5. The molecule has 32 heavy (non-hydrogen) atoms. The monoisotopic (exact) mass is 446 g/mol. The maximum atomic E-state index is 14.9. The number of rotatable bonds is 5. The predicted molar refractivity (Wildman–Crippen MR) is 116 cm³/mol. The highest BCUT2D eigenvalue weighted by Crippen LogP contribution is 2.37. The van der Waals surface area contributed by atoms with Crippen molar-refractivity contribution in [2.75, 3.05) is 11.5 Å². The van der Waals surface area contributed by atoms with Gasteiger partial charge < -0.3 is 19.9 Å². The predicted octanol–water partition coefficient (Wildman–Crippen LogP) is 4.24. The minimum absolute atomic E-state index is 0.00619. The van der Waals surface area contributed by atoms with Gasteiger partial charge in [-0.3, -0.25) is 4.90 Å². The van der Waals surface area contributed by atoms with Crippen molar-refractivity contribution in [2.24, 2.45) is 0 Å². The molecule has 0 spiro atoms. The number of nitrogens with one attached hydrogen (secondary N) is 1. The van der Waals surface area contributed by atoms with E-state index in [-0.39, 0.29) is 42.8 Å². The number of halogens is 2. The van der Waals surface area contributed by atoms with Crippen LogP contribution in [0.2, 0.25) is 0 Å². The summed E-state index contributed by atoms with van der Waals surface area (Å²) < 4.78 is 39.3. The summed E-state index contributed by atoms with van der Waals surface area (Å²) in [5.74, 6) is -0.570. The van der Waals surface area contributed by atoms with E-state index >= 15 is 0 Å². The maximum absolute atomic E-state index is 14.9. The highest BCUT2D eigenvalue weighted by atomic mass is 19.1. The van der Waals surface area contributed by atoms with Gasteiger partial charge in [0.2, 0.25) is 0 Å². The second-order valence-electron chi connectivity index (χ2n) is 8.95. The topological polar surface area (TPSA) is 71.0 Å². The number of hydrogen-bond acceptors (Lipinski definition) is 5. The van der Waals surface area contributed by atoms with Crippen LogP contribution in [0.5, 0.6) is 5.75 Å². The number of carbonyl (C=O) groups is 1. The number of amides is 1. The summed E-state index contributed by atoms with van der Waals surface area (Å²) in [6.45, 7) is 5.74. The van der Waals surface area contributed by atoms with Crippen LogP contribution in [0.1, 0.15) is 44.7 Å². The highest BCUT2D eigenvalue weighted by molar-refractivity contribution is 5.91. The van der Waals surface area contributed by atoms with E-state index in [1.54, 1.807) is 32.0 Å². The average Bonchev–Trinajstić information content (AvgIpc) is 2.72. The van der Waals surface area contributed by atoms with Gasteiger partial charge in [-0.25, -0.2) is 13.6 Å². The molecule has 0 unspecified atom stereocenters. The van der Waals surface area contributed by atoms with E-state index in [2.05, 4.69) is 5.32 Å². The van der Waals surface area contributed by atoms with E-state index in [4.69, 9.17) is 9.47 Å². The number of hydrogen-bond donors (Lipinski definition) is 2. The highest BCUT2D eigenvalue weighted by Gasteiger charge is 2.39. The summed E-state index contributed by atoms with van der Waals surface area (Å²) in [6.07, 6.45) is 0.286. The molecule has 2 heterocycles. The van der Waals surface area contributed by atoms with E-state index in [0.29, 0.717) is 29.7 Å². The van der Waals surface area contributed by atoms with Gasteiger partial charge in [0, 0.05) is 29.8 Å². The SMILES string of the molecule is CC(C)N1C(=O)OCc2cc(OC[C@@H]3C[C@](O)(c4ccc(F)cc4)C[C@H](C)N3)cc(F)c21. The summed E-state index contributed by atoms with van der Waals surface area (Å²) >= 11 is 0. The minimum atomic E-state index is -1.11. The molecule has 2 N–H and O–H groups in total. The van der Waals surface area contributed by atoms with E-state index < -0.39 is 17.5 Å². The first-order valence-corrected chi connectivity index (χ1v) is 10.8. The van der Waals surface area contributed by atoms with Crippen molar-refractivity contribution >= 4 is 11.8 Å². The van der Waals surface area contributed by atoms with E-state index in [0.717, 1.165) is 0 Å². The fraction of sp³-hybridized carbons (Fsp3) is 0.458. The average molecular weight is 446 g/mol. The molecule has 8 heteroatoms. The second kappa shape index (κ2) is 8.67. The smallest absolute Gasteiger partial charge is 0.414 e. The molecule has 0 saturated carbocycles. The Bertz CT molecular complexity index is 998. The Morgan fingerprint density at radius 2 is 1.97 bits per heavy atom. The van der Waals surface area contributed by atoms with Crippen LogP contribution < -0.4 is 15.0 Å². The van der Waals surface area contributed by atoms with Crippen LogP contribution in [0.15, 0.2) is 36.4 Å². The number of piperidine rings is 1. The van der Waals surface area contributed by atoms with Crippen LogP contribution in [-0.4, -0.2) is 35.9 Å². The second-order valence-corrected chi connectivity index (χ2v) is 8.95. The summed E-state index contributed by atoms with van der Waals surface area (Å²) in [5, 5.41) is 14.6. The lowest BCUT2D eigenvalue weighted by molar-refractivity contribution is -0.0287. The number of ether oxygens (including phenoxy) is 2. The third-order valence-corrected chi connectivity index (χ3v) is 6.00. The summed E-state index contributed by atoms with van der Waals surface area (Å²) in [7, 11) is 0. The number of aliphatic hydroxyl groups is 1. The third kappa shape index (κ3) is 4.42. The molecule has 0 bridgehead atoms. The Morgan fingerprint density at radius 1 is 1.25 bits per heavy atom. The molecule has 172 valence electrons. The Balaban J connectivity index is 1.49. The Hall–Kier alpha value is -2.71. The lowest BCUT2D eigenvalue weighted by Crippen LogP contribution is -2.53. The first-order chi connectivity index (χ1) is 15.2. The zero-order chi connectivity index (χ0) is 23.0. The van der Waals surface area contributed by atoms with Crippen LogP contribution in [0.25, 0.3) is 0 Å². The summed E-state index contributed by atoms with van der Waals surface area (Å²) in [4.78, 5) is 13.3. The van der Waals surface area contributed by atoms with E-state index in [1.165, 1.54) is 23.1 Å². The fourth-order valence-electron chi connectivity index (χ4n) is 4.68. The summed E-state index contributed by atoms with van der Waals surface area (Å²) in [5.41, 5.74) is 0.312. The van der Waals surface area contributed by atoms with Crippen LogP contribution in [0.4, 0.5) is 19.3 Å². The van der Waals surface area contributed by atoms with Gasteiger partial charge in [-0.1, -0.05) is 12.1 Å². The third-order valence-electron chi connectivity index (χ3n) is 6.00. The van der Waals surface area contributed by atoms with Crippen molar-refractivity contribution in [1.82, 2.24) is 5.32 Å². The van der Waals surface area contributed by atoms with Crippen molar-refractivity contribution in [1.29, 1.82) is 0 Å². The van der Waals surface area contributed by atoms with Gasteiger partial charge in [-0.15, -0.1) is 0 Å². The van der Waals surface area contributed by atoms with Gasteiger partial charge in [0.1, 0.15) is 24.8 Å². The quantitative estimate of drug-likeness (QED) is 0.719. The molecule has 3 atom stereocenters. The molecular formula is C24H28F2N2O4. The Morgan fingerprint density at radius 3 is 2.66 bits per heavy atom. The largest absolute Gasteiger partial charge is 0.492 e. The molecule has 2 aromatic carbocycles. The van der Waals surface area contributed by atoms with E-state index in [1.807, 2.05) is 6.92 Å². The van der Waals surface area contributed by atoms with Gasteiger partial charge in [-0.2, -0.15) is 0 Å². The lowest BCUT2D eigenvalue weighted by atomic mass is 9.79. The maximum Gasteiger partial charge on any atom is 0.414 e. The number of carbonyl (C=O) groups excluding carboxylic acids is 1. The Labute approximate surface area is 186 Å². The van der Waals surface area contributed by atoms with Crippen LogP contribution >= 0.6 is 0 Å². The molecule has 0 radical (unpaired) electrons. The standard InChI is InChI=1S/C24H28F2N2O4/c1-14(2)28-22-16(12-32-23(28)29)8-20(9-21(22)26)31-13-19-11-24(30,10-15(3)27-19)17-4-6-18(25)7-5-17/h4-9,14-15,19,27,30H,10-13H2,1-3H3/t15-,19-,24-/m0/s1. The molecule has 2 aromatic rings. The van der Waals surface area contributed by atoms with Crippen molar-refractivity contribution in [3.05, 3.63) is 59.2 Å². The minimum Gasteiger partial charge on any atom is -0.492 e. The zero-order valence-corrected chi connectivity index (χ0v) is 18.4. The van der Waals surface area contributed by atoms with Crippen LogP contribution in [0, 0.1) is 11.6 Å². The van der Waals surface area contributed by atoms with Gasteiger partial charge >= 0.3 is 6.09 Å². The Kier molecular flexibility index (Phi) is 6.09. The van der Waals surface area contributed by atoms with Gasteiger partial charge in [0.25, 0.3) is 0 Å². The molecular weight excluding hydrogens is 418 g/mol. The molecule has 0 aromatic heterocycles. The van der Waals surface area contributed by atoms with Gasteiger partial charge in [0.05, 0.1) is 11.3 Å². The van der Waals surface area contributed by atoms with Crippen molar-refractivity contribution in [3.8, 4) is 5.75 Å². The molecule has 1 amide bonds. The van der Waals surface area contributed by atoms with Crippen LogP contribution in [-0.2, 0) is 16.9 Å². The molecule has 2 aliphatic rings. The van der Waals surface area contributed by atoms with Crippen molar-refractivity contribution in [2.45, 2.75) is 63.9 Å². The zero-order valence-electron chi connectivity index (χ0n) is 18.4. The molecule has 1 fully saturated rings. The van der Waals surface area contributed by atoms with Gasteiger partial charge in [-0.05, 0) is 57.4 Å². The fourth-order valence-corrected chi connectivity index (χ4v) is 4.68. The van der Waals surface area contributed by atoms with Crippen molar-refractivity contribution < 1.29 is 28.2 Å².